The Kier molecular flexibility index (Phi) is 2.85. The number of nitrogens with one attached hydrogen (secondary N) is 1. The van der Waals surface area contributed by atoms with E-state index < -0.39 is 0 Å². The van der Waals surface area contributed by atoms with Gasteiger partial charge in [-0.2, -0.15) is 0 Å². The number of rotatable bonds is 2. The van der Waals surface area contributed by atoms with Gasteiger partial charge in [-0.15, -0.1) is 0 Å². The van der Waals surface area contributed by atoms with Gasteiger partial charge in [-0.3, -0.25) is 4.79 Å². The van der Waals surface area contributed by atoms with Crippen molar-refractivity contribution in [1.29, 1.82) is 0 Å². The molecule has 3 rings (SSSR count). The summed E-state index contributed by atoms with van der Waals surface area (Å²) in [6.45, 7) is 1.08. The zero-order chi connectivity index (χ0) is 12.4. The summed E-state index contributed by atoms with van der Waals surface area (Å²) in [7, 11) is 0. The number of carbonyl (C=O) groups is 1. The number of fused-ring (bicyclic) bond motifs is 1. The van der Waals surface area contributed by atoms with Gasteiger partial charge < -0.3 is 14.8 Å². The van der Waals surface area contributed by atoms with Gasteiger partial charge in [-0.25, -0.2) is 4.37 Å². The van der Waals surface area contributed by atoms with Crippen LogP contribution in [0.25, 0.3) is 0 Å². The smallest absolute Gasteiger partial charge is 0.267 e. The SMILES string of the molecule is O=C(Nc1ccc2c(c1)OCCO2)c1ccns1. The van der Waals surface area contributed by atoms with Crippen molar-refractivity contribution in [3.8, 4) is 11.5 Å². The van der Waals surface area contributed by atoms with Crippen LogP contribution in [0.1, 0.15) is 9.67 Å². The molecule has 1 N–H and O–H groups in total. The lowest BCUT2D eigenvalue weighted by atomic mass is 10.2. The number of hydrogen-bond acceptors (Lipinski definition) is 5. The van der Waals surface area contributed by atoms with Crippen LogP contribution in [0.3, 0.4) is 0 Å². The number of hydrogen-bond donors (Lipinski definition) is 1. The molecule has 1 amide bonds. The van der Waals surface area contributed by atoms with Crippen LogP contribution < -0.4 is 14.8 Å². The second kappa shape index (κ2) is 4.66. The third kappa shape index (κ3) is 2.14. The monoisotopic (exact) mass is 262 g/mol. The van der Waals surface area contributed by atoms with E-state index in [4.69, 9.17) is 9.47 Å². The molecule has 0 spiro atoms. The molecular formula is C12H10N2O3S. The molecule has 92 valence electrons. The predicted octanol–water partition coefficient (Wildman–Crippen LogP) is 2.17. The van der Waals surface area contributed by atoms with Gasteiger partial charge in [0.05, 0.1) is 0 Å². The van der Waals surface area contributed by atoms with Crippen LogP contribution in [0, 0.1) is 0 Å². The van der Waals surface area contributed by atoms with E-state index in [0.717, 1.165) is 11.5 Å². The maximum Gasteiger partial charge on any atom is 0.267 e. The van der Waals surface area contributed by atoms with E-state index in [1.54, 1.807) is 30.5 Å². The number of anilines is 1. The molecule has 2 aromatic rings. The van der Waals surface area contributed by atoms with Crippen molar-refractivity contribution in [3.63, 3.8) is 0 Å². The molecule has 0 unspecified atom stereocenters. The maximum absolute atomic E-state index is 11.8. The molecule has 0 fully saturated rings. The number of carbonyl (C=O) groups excluding carboxylic acids is 1. The van der Waals surface area contributed by atoms with Gasteiger partial charge in [0.25, 0.3) is 5.91 Å². The highest BCUT2D eigenvalue weighted by molar-refractivity contribution is 7.08. The Labute approximate surface area is 108 Å². The summed E-state index contributed by atoms with van der Waals surface area (Å²) in [4.78, 5) is 12.4. The van der Waals surface area contributed by atoms with E-state index in [1.165, 1.54) is 0 Å². The second-order valence-electron chi connectivity index (χ2n) is 3.69. The van der Waals surface area contributed by atoms with Gasteiger partial charge in [0, 0.05) is 18.0 Å². The first-order chi connectivity index (χ1) is 8.83. The van der Waals surface area contributed by atoms with Gasteiger partial charge in [0.2, 0.25) is 0 Å². The Morgan fingerprint density at radius 3 is 2.83 bits per heavy atom. The molecule has 0 radical (unpaired) electrons. The van der Waals surface area contributed by atoms with Gasteiger partial charge in [0.15, 0.2) is 11.5 Å². The standard InChI is InChI=1S/C12H10N2O3S/c15-12(11-3-4-13-18-11)14-8-1-2-9-10(7-8)17-6-5-16-9/h1-4,7H,5-6H2,(H,14,15). The summed E-state index contributed by atoms with van der Waals surface area (Å²) in [5, 5.41) is 2.79. The molecule has 18 heavy (non-hydrogen) atoms. The molecule has 0 aliphatic carbocycles. The lowest BCUT2D eigenvalue weighted by molar-refractivity contribution is 0.103. The molecule has 1 aromatic carbocycles. The molecule has 1 aromatic heterocycles. The minimum Gasteiger partial charge on any atom is -0.486 e. The Morgan fingerprint density at radius 2 is 2.06 bits per heavy atom. The fraction of sp³-hybridized carbons (Fsp3) is 0.167. The van der Waals surface area contributed by atoms with Crippen molar-refractivity contribution in [1.82, 2.24) is 4.37 Å². The van der Waals surface area contributed by atoms with Crippen molar-refractivity contribution < 1.29 is 14.3 Å². The van der Waals surface area contributed by atoms with Gasteiger partial charge in [0.1, 0.15) is 18.1 Å². The molecule has 0 saturated heterocycles. The van der Waals surface area contributed by atoms with E-state index in [2.05, 4.69) is 9.69 Å². The minimum absolute atomic E-state index is 0.172. The van der Waals surface area contributed by atoms with E-state index in [1.807, 2.05) is 0 Å². The molecule has 0 bridgehead atoms. The lowest BCUT2D eigenvalue weighted by Crippen LogP contribution is -2.16. The minimum atomic E-state index is -0.172. The number of ether oxygens (including phenoxy) is 2. The normalized spacial score (nSPS) is 13.1. The molecule has 2 heterocycles. The van der Waals surface area contributed by atoms with Crippen molar-refractivity contribution in [2.24, 2.45) is 0 Å². The van der Waals surface area contributed by atoms with E-state index in [-0.39, 0.29) is 5.91 Å². The number of aromatic nitrogens is 1. The van der Waals surface area contributed by atoms with E-state index in [0.29, 0.717) is 35.3 Å². The van der Waals surface area contributed by atoms with Crippen LogP contribution in [0.2, 0.25) is 0 Å². The quantitative estimate of drug-likeness (QED) is 0.901. The van der Waals surface area contributed by atoms with Crippen LogP contribution >= 0.6 is 11.5 Å². The third-order valence-corrected chi connectivity index (χ3v) is 3.21. The average Bonchev–Trinajstić information content (AvgIpc) is 2.92. The fourth-order valence-electron chi connectivity index (χ4n) is 1.65. The van der Waals surface area contributed by atoms with Gasteiger partial charge >= 0.3 is 0 Å². The molecule has 1 aliphatic rings. The zero-order valence-corrected chi connectivity index (χ0v) is 10.2. The third-order valence-electron chi connectivity index (χ3n) is 2.46. The number of amides is 1. The second-order valence-corrected chi connectivity index (χ2v) is 4.52. The Balaban J connectivity index is 1.79. The summed E-state index contributed by atoms with van der Waals surface area (Å²) in [6, 6.07) is 7.01. The summed E-state index contributed by atoms with van der Waals surface area (Å²) in [6.07, 6.45) is 1.60. The Morgan fingerprint density at radius 1 is 1.22 bits per heavy atom. The predicted molar refractivity (Wildman–Crippen MR) is 67.5 cm³/mol. The molecule has 0 atom stereocenters. The summed E-state index contributed by atoms with van der Waals surface area (Å²) >= 11 is 1.16. The van der Waals surface area contributed by atoms with Crippen molar-refractivity contribution in [2.75, 3.05) is 18.5 Å². The largest absolute Gasteiger partial charge is 0.486 e. The van der Waals surface area contributed by atoms with Crippen LogP contribution in [0.5, 0.6) is 11.5 Å². The highest BCUT2D eigenvalue weighted by Crippen LogP contribution is 2.32. The van der Waals surface area contributed by atoms with E-state index >= 15 is 0 Å². The summed E-state index contributed by atoms with van der Waals surface area (Å²) < 4.78 is 14.8. The average molecular weight is 262 g/mol. The van der Waals surface area contributed by atoms with Crippen molar-refractivity contribution in [2.45, 2.75) is 0 Å². The lowest BCUT2D eigenvalue weighted by Gasteiger charge is -2.18. The molecule has 1 aliphatic heterocycles. The molecule has 5 nitrogen and oxygen atoms in total. The first kappa shape index (κ1) is 11.0. The summed E-state index contributed by atoms with van der Waals surface area (Å²) in [5.41, 5.74) is 0.678. The molecular weight excluding hydrogens is 252 g/mol. The van der Waals surface area contributed by atoms with Crippen molar-refractivity contribution >= 4 is 23.1 Å². The number of benzene rings is 1. The van der Waals surface area contributed by atoms with Gasteiger partial charge in [-0.1, -0.05) is 0 Å². The first-order valence-electron chi connectivity index (χ1n) is 5.44. The van der Waals surface area contributed by atoms with Crippen LogP contribution in [0.4, 0.5) is 5.69 Å². The Bertz CT molecular complexity index is 569. The van der Waals surface area contributed by atoms with Crippen LogP contribution in [0.15, 0.2) is 30.5 Å². The zero-order valence-electron chi connectivity index (χ0n) is 9.38. The van der Waals surface area contributed by atoms with E-state index in [9.17, 15) is 4.79 Å². The Hall–Kier alpha value is -2.08. The number of nitrogens with zero attached hydrogens (tertiary/aromatic N) is 1. The topological polar surface area (TPSA) is 60.5 Å². The highest BCUT2D eigenvalue weighted by Gasteiger charge is 2.13. The maximum atomic E-state index is 11.8. The first-order valence-corrected chi connectivity index (χ1v) is 6.22. The fourth-order valence-corrected chi connectivity index (χ4v) is 2.14. The van der Waals surface area contributed by atoms with Crippen LogP contribution in [-0.2, 0) is 0 Å². The van der Waals surface area contributed by atoms with Gasteiger partial charge in [-0.05, 0) is 29.7 Å². The summed E-state index contributed by atoms with van der Waals surface area (Å²) in [5.74, 6) is 1.19. The highest BCUT2D eigenvalue weighted by atomic mass is 32.1. The molecule has 6 heteroatoms. The van der Waals surface area contributed by atoms with Crippen LogP contribution in [-0.4, -0.2) is 23.5 Å². The molecule has 0 saturated carbocycles. The van der Waals surface area contributed by atoms with Crippen molar-refractivity contribution in [3.05, 3.63) is 35.3 Å².